The SMILES string of the molecule is O=C(O)C(C(=O)O)c1coc(C(C(=O)O)C(=O)O)c1. The summed E-state index contributed by atoms with van der Waals surface area (Å²) in [5, 5.41) is 34.8. The molecule has 0 unspecified atom stereocenters. The van der Waals surface area contributed by atoms with Gasteiger partial charge in [-0.3, -0.25) is 19.2 Å². The molecule has 1 rings (SSSR count). The topological polar surface area (TPSA) is 162 Å². The van der Waals surface area contributed by atoms with E-state index in [1.807, 2.05) is 0 Å². The van der Waals surface area contributed by atoms with Crippen LogP contribution in [0.5, 0.6) is 0 Å². The van der Waals surface area contributed by atoms with Crippen LogP contribution in [0.1, 0.15) is 23.2 Å². The Morgan fingerprint density at radius 1 is 0.842 bits per heavy atom. The van der Waals surface area contributed by atoms with Crippen LogP contribution < -0.4 is 0 Å². The fourth-order valence-corrected chi connectivity index (χ4v) is 1.41. The van der Waals surface area contributed by atoms with Crippen molar-refractivity contribution in [2.75, 3.05) is 0 Å². The van der Waals surface area contributed by atoms with Crippen molar-refractivity contribution in [3.8, 4) is 0 Å². The molecule has 0 atom stereocenters. The van der Waals surface area contributed by atoms with Gasteiger partial charge in [0.05, 0.1) is 6.26 Å². The zero-order chi connectivity index (χ0) is 14.7. The second-order valence-electron chi connectivity index (χ2n) is 3.50. The molecule has 0 spiro atoms. The predicted octanol–water partition coefficient (Wildman–Crippen LogP) is -0.215. The van der Waals surface area contributed by atoms with E-state index in [0.717, 1.165) is 6.07 Å². The summed E-state index contributed by atoms with van der Waals surface area (Å²) in [6.07, 6.45) is 0.709. The molecule has 19 heavy (non-hydrogen) atoms. The minimum Gasteiger partial charge on any atom is -0.480 e. The molecule has 9 heteroatoms. The van der Waals surface area contributed by atoms with E-state index in [1.54, 1.807) is 0 Å². The Morgan fingerprint density at radius 2 is 1.26 bits per heavy atom. The number of carboxylic acid groups (broad SMARTS) is 4. The molecule has 0 radical (unpaired) electrons. The van der Waals surface area contributed by atoms with Crippen molar-refractivity contribution >= 4 is 23.9 Å². The average molecular weight is 272 g/mol. The van der Waals surface area contributed by atoms with Crippen LogP contribution in [0.3, 0.4) is 0 Å². The number of aliphatic carboxylic acids is 4. The van der Waals surface area contributed by atoms with Crippen molar-refractivity contribution in [2.45, 2.75) is 11.8 Å². The highest BCUT2D eigenvalue weighted by Crippen LogP contribution is 2.25. The van der Waals surface area contributed by atoms with Crippen LogP contribution in [0.25, 0.3) is 0 Å². The fraction of sp³-hybridized carbons (Fsp3) is 0.200. The smallest absolute Gasteiger partial charge is 0.325 e. The Bertz CT molecular complexity index is 466. The molecular weight excluding hydrogens is 264 g/mol. The van der Waals surface area contributed by atoms with Gasteiger partial charge in [-0.1, -0.05) is 0 Å². The molecule has 0 bridgehead atoms. The normalized spacial score (nSPS) is 10.6. The van der Waals surface area contributed by atoms with E-state index in [4.69, 9.17) is 20.4 Å². The van der Waals surface area contributed by atoms with Crippen LogP contribution in [-0.4, -0.2) is 44.3 Å². The minimum atomic E-state index is -2.03. The molecule has 0 amide bonds. The lowest BCUT2D eigenvalue weighted by molar-refractivity contribution is -0.152. The summed E-state index contributed by atoms with van der Waals surface area (Å²) in [5.41, 5.74) is -0.345. The third-order valence-corrected chi connectivity index (χ3v) is 2.25. The first-order chi connectivity index (χ1) is 8.75. The first-order valence-corrected chi connectivity index (χ1v) is 4.75. The van der Waals surface area contributed by atoms with Crippen LogP contribution in [0.4, 0.5) is 0 Å². The first-order valence-electron chi connectivity index (χ1n) is 4.75. The molecule has 0 aliphatic carbocycles. The molecule has 0 saturated carbocycles. The van der Waals surface area contributed by atoms with Crippen LogP contribution in [0.2, 0.25) is 0 Å². The predicted molar refractivity (Wildman–Crippen MR) is 54.7 cm³/mol. The monoisotopic (exact) mass is 272 g/mol. The Hall–Kier alpha value is -2.84. The van der Waals surface area contributed by atoms with E-state index < -0.39 is 41.5 Å². The second kappa shape index (κ2) is 5.21. The maximum atomic E-state index is 10.7. The molecule has 0 aliphatic heterocycles. The lowest BCUT2D eigenvalue weighted by Crippen LogP contribution is -2.21. The molecule has 4 N–H and O–H groups in total. The summed E-state index contributed by atoms with van der Waals surface area (Å²) in [6, 6.07) is 0.791. The second-order valence-corrected chi connectivity index (χ2v) is 3.50. The van der Waals surface area contributed by atoms with Gasteiger partial charge in [0.25, 0.3) is 0 Å². The van der Waals surface area contributed by atoms with Crippen molar-refractivity contribution in [1.82, 2.24) is 0 Å². The highest BCUT2D eigenvalue weighted by Gasteiger charge is 2.35. The molecule has 1 aromatic rings. The Morgan fingerprint density at radius 3 is 1.63 bits per heavy atom. The standard InChI is InChI=1S/C10H8O9/c11-7(12)5(8(13)14)3-1-4(19-2-3)6(9(15)16)10(17)18/h1-2,5-6H,(H,11,12)(H,13,14)(H,15,16)(H,17,18). The van der Waals surface area contributed by atoms with Gasteiger partial charge < -0.3 is 24.8 Å². The highest BCUT2D eigenvalue weighted by molar-refractivity contribution is 6.00. The Kier molecular flexibility index (Phi) is 3.90. The maximum absolute atomic E-state index is 10.7. The number of carbonyl (C=O) groups is 4. The Balaban J connectivity index is 3.18. The molecule has 1 heterocycles. The van der Waals surface area contributed by atoms with E-state index in [9.17, 15) is 19.2 Å². The van der Waals surface area contributed by atoms with E-state index in [-0.39, 0.29) is 5.56 Å². The third kappa shape index (κ3) is 2.89. The van der Waals surface area contributed by atoms with Gasteiger partial charge in [0.2, 0.25) is 5.92 Å². The summed E-state index contributed by atoms with van der Waals surface area (Å²) >= 11 is 0. The van der Waals surface area contributed by atoms with Gasteiger partial charge in [-0.05, 0) is 6.07 Å². The zero-order valence-corrected chi connectivity index (χ0v) is 9.14. The van der Waals surface area contributed by atoms with Gasteiger partial charge >= 0.3 is 23.9 Å². The number of hydrogen-bond acceptors (Lipinski definition) is 5. The quantitative estimate of drug-likeness (QED) is 0.513. The molecule has 9 nitrogen and oxygen atoms in total. The van der Waals surface area contributed by atoms with Crippen molar-refractivity contribution in [3.63, 3.8) is 0 Å². The van der Waals surface area contributed by atoms with Crippen molar-refractivity contribution in [1.29, 1.82) is 0 Å². The van der Waals surface area contributed by atoms with Crippen molar-refractivity contribution < 1.29 is 44.0 Å². The first kappa shape index (κ1) is 14.2. The molecular formula is C10H8O9. The molecule has 1 aromatic heterocycles. The summed E-state index contributed by atoms with van der Waals surface area (Å²) in [7, 11) is 0. The zero-order valence-electron chi connectivity index (χ0n) is 9.14. The number of rotatable bonds is 6. The van der Waals surface area contributed by atoms with E-state index >= 15 is 0 Å². The van der Waals surface area contributed by atoms with Crippen molar-refractivity contribution in [3.05, 3.63) is 23.7 Å². The molecule has 0 fully saturated rings. The van der Waals surface area contributed by atoms with Crippen LogP contribution in [0, 0.1) is 0 Å². The summed E-state index contributed by atoms with van der Waals surface area (Å²) < 4.78 is 4.64. The highest BCUT2D eigenvalue weighted by atomic mass is 16.4. The van der Waals surface area contributed by atoms with Crippen molar-refractivity contribution in [2.24, 2.45) is 0 Å². The van der Waals surface area contributed by atoms with Crippen LogP contribution in [0.15, 0.2) is 16.7 Å². The molecule has 0 aliphatic rings. The van der Waals surface area contributed by atoms with Gasteiger partial charge in [0, 0.05) is 5.56 Å². The number of hydrogen-bond donors (Lipinski definition) is 4. The largest absolute Gasteiger partial charge is 0.480 e. The maximum Gasteiger partial charge on any atom is 0.325 e. The molecule has 102 valence electrons. The summed E-state index contributed by atoms with van der Waals surface area (Å²) in [5.74, 6) is -11.3. The fourth-order valence-electron chi connectivity index (χ4n) is 1.41. The minimum absolute atomic E-state index is 0.345. The average Bonchev–Trinajstić information content (AvgIpc) is 2.64. The van der Waals surface area contributed by atoms with Gasteiger partial charge in [0.15, 0.2) is 5.92 Å². The number of furan rings is 1. The van der Waals surface area contributed by atoms with E-state index in [1.165, 1.54) is 0 Å². The van der Waals surface area contributed by atoms with Crippen LogP contribution in [-0.2, 0) is 19.2 Å². The lowest BCUT2D eigenvalue weighted by Gasteiger charge is -2.03. The van der Waals surface area contributed by atoms with Gasteiger partial charge in [-0.15, -0.1) is 0 Å². The molecule has 0 saturated heterocycles. The summed E-state index contributed by atoms with van der Waals surface area (Å²) in [6.45, 7) is 0. The van der Waals surface area contributed by atoms with Gasteiger partial charge in [-0.2, -0.15) is 0 Å². The van der Waals surface area contributed by atoms with Crippen LogP contribution >= 0.6 is 0 Å². The number of carboxylic acids is 4. The molecule has 0 aromatic carbocycles. The lowest BCUT2D eigenvalue weighted by atomic mass is 10.0. The van der Waals surface area contributed by atoms with E-state index in [0.29, 0.717) is 6.26 Å². The third-order valence-electron chi connectivity index (χ3n) is 2.25. The van der Waals surface area contributed by atoms with Gasteiger partial charge in [-0.25, -0.2) is 0 Å². The van der Waals surface area contributed by atoms with Gasteiger partial charge in [0.1, 0.15) is 5.76 Å². The summed E-state index contributed by atoms with van der Waals surface area (Å²) in [4.78, 5) is 42.9. The Labute approximate surface area is 104 Å². The van der Waals surface area contributed by atoms with E-state index in [2.05, 4.69) is 4.42 Å².